The Hall–Kier alpha value is -2.92. The van der Waals surface area contributed by atoms with Gasteiger partial charge in [-0.1, -0.05) is 266 Å². The minimum atomic E-state index is -0.816. The fraction of sp³-hybridized carbons (Fsp3) is 0.738. The molecule has 0 fully saturated rings. The average Bonchev–Trinajstić information content (AvgIpc) is 3.32. The zero-order valence-electron chi connectivity index (χ0n) is 43.4. The van der Waals surface area contributed by atoms with Gasteiger partial charge in [0.25, 0.3) is 0 Å². The Balaban J connectivity index is 3.50. The number of carbonyl (C=O) groups is 2. The highest BCUT2D eigenvalue weighted by Gasteiger charge is 2.15. The number of rotatable bonds is 51. The van der Waals surface area contributed by atoms with Crippen LogP contribution in [0.1, 0.15) is 271 Å². The maximum Gasteiger partial charge on any atom is 0.306 e. The average molecular weight is 920 g/mol. The molecule has 0 rings (SSSR count). The van der Waals surface area contributed by atoms with E-state index >= 15 is 0 Å². The summed E-state index contributed by atoms with van der Waals surface area (Å²) in [5, 5.41) is 9.62. The van der Waals surface area contributed by atoms with E-state index in [9.17, 15) is 14.7 Å². The van der Waals surface area contributed by atoms with Crippen molar-refractivity contribution in [3.8, 4) is 0 Å². The molecule has 0 saturated carbocycles. The largest absolute Gasteiger partial charge is 0.462 e. The van der Waals surface area contributed by atoms with Gasteiger partial charge < -0.3 is 14.6 Å². The summed E-state index contributed by atoms with van der Waals surface area (Å²) in [4.78, 5) is 24.4. The molecule has 5 nitrogen and oxygen atoms in total. The van der Waals surface area contributed by atoms with Gasteiger partial charge in [-0.15, -0.1) is 0 Å². The molecule has 0 aromatic rings. The van der Waals surface area contributed by atoms with Crippen molar-refractivity contribution < 1.29 is 24.2 Å². The molecule has 0 amide bonds. The normalized spacial score (nSPS) is 12.8. The molecule has 0 radical (unpaired) electrons. The zero-order chi connectivity index (χ0) is 47.7. The molecule has 0 aliphatic heterocycles. The predicted molar refractivity (Wildman–Crippen MR) is 288 cm³/mol. The topological polar surface area (TPSA) is 72.8 Å². The van der Waals surface area contributed by atoms with E-state index in [2.05, 4.69) is 86.8 Å². The van der Waals surface area contributed by atoms with Crippen molar-refractivity contribution in [2.45, 2.75) is 277 Å². The number of ether oxygens (including phenoxy) is 2. The van der Waals surface area contributed by atoms with E-state index in [0.717, 1.165) is 57.8 Å². The third-order valence-electron chi connectivity index (χ3n) is 12.2. The Labute approximate surface area is 409 Å². The minimum Gasteiger partial charge on any atom is -0.462 e. The highest BCUT2D eigenvalue weighted by molar-refractivity contribution is 5.70. The van der Waals surface area contributed by atoms with E-state index in [4.69, 9.17) is 9.47 Å². The molecule has 0 aliphatic rings. The second-order valence-corrected chi connectivity index (χ2v) is 18.6. The Kier molecular flexibility index (Phi) is 53.9. The van der Waals surface area contributed by atoms with Gasteiger partial charge in [0.2, 0.25) is 0 Å². The number of aliphatic hydroxyl groups is 1. The first-order valence-corrected chi connectivity index (χ1v) is 28.1. The van der Waals surface area contributed by atoms with Crippen molar-refractivity contribution in [3.05, 3.63) is 85.1 Å². The van der Waals surface area contributed by atoms with Gasteiger partial charge >= 0.3 is 11.9 Å². The molecule has 1 unspecified atom stereocenters. The van der Waals surface area contributed by atoms with Gasteiger partial charge in [-0.05, 0) is 77.0 Å². The number of hydrogen-bond acceptors (Lipinski definition) is 5. The summed E-state index contributed by atoms with van der Waals surface area (Å²) in [6.07, 6.45) is 78.7. The monoisotopic (exact) mass is 919 g/mol. The van der Waals surface area contributed by atoms with Crippen LogP contribution in [-0.4, -0.2) is 36.4 Å². The molecular weight excluding hydrogens is 813 g/mol. The molecule has 0 aromatic heterocycles. The smallest absolute Gasteiger partial charge is 0.306 e. The predicted octanol–water partition coefficient (Wildman–Crippen LogP) is 19.0. The van der Waals surface area contributed by atoms with E-state index in [-0.39, 0.29) is 25.6 Å². The lowest BCUT2D eigenvalue weighted by atomic mass is 10.0. The minimum absolute atomic E-state index is 0.0979. The van der Waals surface area contributed by atoms with E-state index in [1.807, 2.05) is 12.2 Å². The summed E-state index contributed by atoms with van der Waals surface area (Å²) < 4.78 is 10.6. The number of aliphatic hydroxyl groups excluding tert-OH is 1. The zero-order valence-corrected chi connectivity index (χ0v) is 43.4. The fourth-order valence-electron chi connectivity index (χ4n) is 7.99. The van der Waals surface area contributed by atoms with Crippen molar-refractivity contribution in [2.24, 2.45) is 0 Å². The second-order valence-electron chi connectivity index (χ2n) is 18.6. The van der Waals surface area contributed by atoms with Crippen LogP contribution in [0.25, 0.3) is 0 Å². The summed E-state index contributed by atoms with van der Waals surface area (Å²) in [6, 6.07) is 0. The Morgan fingerprint density at radius 2 is 0.682 bits per heavy atom. The number of unbranched alkanes of at least 4 members (excludes halogenated alkanes) is 29. The molecule has 380 valence electrons. The van der Waals surface area contributed by atoms with Crippen molar-refractivity contribution in [1.29, 1.82) is 0 Å². The van der Waals surface area contributed by atoms with E-state index in [1.54, 1.807) is 0 Å². The molecule has 0 saturated heterocycles. The van der Waals surface area contributed by atoms with Crippen LogP contribution in [0, 0.1) is 0 Å². The van der Waals surface area contributed by atoms with Gasteiger partial charge in [-0.25, -0.2) is 0 Å². The van der Waals surface area contributed by atoms with Gasteiger partial charge in [0.15, 0.2) is 6.10 Å². The Morgan fingerprint density at radius 1 is 0.364 bits per heavy atom. The molecule has 0 heterocycles. The van der Waals surface area contributed by atoms with Crippen molar-refractivity contribution in [3.63, 3.8) is 0 Å². The quantitative estimate of drug-likeness (QED) is 0.0374. The summed E-state index contributed by atoms with van der Waals surface area (Å²) >= 11 is 0. The van der Waals surface area contributed by atoms with Crippen LogP contribution in [0.3, 0.4) is 0 Å². The van der Waals surface area contributed by atoms with Gasteiger partial charge in [0.1, 0.15) is 6.61 Å². The maximum absolute atomic E-state index is 12.2. The van der Waals surface area contributed by atoms with E-state index in [1.165, 1.54) is 180 Å². The van der Waals surface area contributed by atoms with Gasteiger partial charge in [0.05, 0.1) is 6.61 Å². The van der Waals surface area contributed by atoms with E-state index in [0.29, 0.717) is 12.8 Å². The first kappa shape index (κ1) is 63.1. The van der Waals surface area contributed by atoms with Gasteiger partial charge in [-0.2, -0.15) is 0 Å². The van der Waals surface area contributed by atoms with Crippen LogP contribution in [0.15, 0.2) is 85.1 Å². The maximum atomic E-state index is 12.2. The number of hydrogen-bond donors (Lipinski definition) is 1. The number of esters is 2. The molecule has 0 spiro atoms. The molecule has 1 N–H and O–H groups in total. The summed E-state index contributed by atoms with van der Waals surface area (Å²) in [7, 11) is 0. The second kappa shape index (κ2) is 56.4. The molecule has 0 bridgehead atoms. The highest BCUT2D eigenvalue weighted by Crippen LogP contribution is 2.16. The molecule has 0 aliphatic carbocycles. The third-order valence-corrected chi connectivity index (χ3v) is 12.2. The molecular formula is C61H106O5. The SMILES string of the molecule is CC/C=C\C/C=C\C/C=C\C/C=C\C/C=C\C/C=C\CCC(=O)OC(CO)COC(=O)CCCCCCCCCCCCCCCCCCCCCCC/C=C\CCCCCCCCCC. The van der Waals surface area contributed by atoms with Crippen molar-refractivity contribution in [1.82, 2.24) is 0 Å². The summed E-state index contributed by atoms with van der Waals surface area (Å²) in [5.74, 6) is -0.684. The van der Waals surface area contributed by atoms with Crippen LogP contribution in [0.4, 0.5) is 0 Å². The van der Waals surface area contributed by atoms with Crippen molar-refractivity contribution in [2.75, 3.05) is 13.2 Å². The summed E-state index contributed by atoms with van der Waals surface area (Å²) in [6.45, 7) is 3.98. The number of allylic oxidation sites excluding steroid dienone is 14. The molecule has 66 heavy (non-hydrogen) atoms. The van der Waals surface area contributed by atoms with Crippen LogP contribution in [-0.2, 0) is 19.1 Å². The fourth-order valence-corrected chi connectivity index (χ4v) is 7.99. The van der Waals surface area contributed by atoms with Crippen molar-refractivity contribution >= 4 is 11.9 Å². The molecule has 1 atom stereocenters. The number of carbonyl (C=O) groups excluding carboxylic acids is 2. The first-order chi connectivity index (χ1) is 32.6. The van der Waals surface area contributed by atoms with Crippen LogP contribution in [0.2, 0.25) is 0 Å². The summed E-state index contributed by atoms with van der Waals surface area (Å²) in [5.41, 5.74) is 0. The first-order valence-electron chi connectivity index (χ1n) is 28.1. The lowest BCUT2D eigenvalue weighted by Gasteiger charge is -2.15. The van der Waals surface area contributed by atoms with Gasteiger partial charge in [-0.3, -0.25) is 9.59 Å². The van der Waals surface area contributed by atoms with Crippen LogP contribution >= 0.6 is 0 Å². The van der Waals surface area contributed by atoms with Gasteiger partial charge in [0, 0.05) is 12.8 Å². The molecule has 0 aromatic carbocycles. The van der Waals surface area contributed by atoms with Crippen LogP contribution in [0.5, 0.6) is 0 Å². The molecule has 5 heteroatoms. The standard InChI is InChI=1S/C61H106O5/c1-3-5-7-9-11-13-15-17-19-21-23-24-25-26-27-28-29-30-31-32-33-34-35-36-38-39-41-43-45-47-49-51-53-55-60(63)65-58-59(57-62)66-61(64)56-54-52-50-48-46-44-42-40-37-22-20-18-16-14-12-10-8-6-4-2/h6,8,12,14,18,20-21,23,37,40,44,46,50,52,59,62H,3-5,7,9-11,13,15-17,19,22,24-36,38-39,41-43,45,47-49,51,53-58H2,1-2H3/b8-6-,14-12-,20-18-,23-21-,40-37-,46-44-,52-50-. The van der Waals surface area contributed by atoms with Crippen LogP contribution < -0.4 is 0 Å². The lowest BCUT2D eigenvalue weighted by Crippen LogP contribution is -2.28. The Bertz CT molecular complexity index is 1220. The van der Waals surface area contributed by atoms with E-state index < -0.39 is 12.1 Å². The third kappa shape index (κ3) is 53.7. The highest BCUT2D eigenvalue weighted by atomic mass is 16.6. The lowest BCUT2D eigenvalue weighted by molar-refractivity contribution is -0.161. The Morgan fingerprint density at radius 3 is 1.05 bits per heavy atom.